The van der Waals surface area contributed by atoms with Crippen LogP contribution in [0.15, 0.2) is 18.3 Å². The first-order valence-electron chi connectivity index (χ1n) is 6.06. The molecule has 1 unspecified atom stereocenters. The lowest BCUT2D eigenvalue weighted by molar-refractivity contribution is 0.112. The van der Waals surface area contributed by atoms with Crippen LogP contribution in [0.25, 0.3) is 0 Å². The van der Waals surface area contributed by atoms with Gasteiger partial charge in [-0.15, -0.1) is 0 Å². The molecule has 0 N–H and O–H groups in total. The molecule has 1 fully saturated rings. The SMILES string of the molecule is CC(C)N1CCCCC1c1cccnc1Cl. The molecule has 0 amide bonds. The van der Waals surface area contributed by atoms with Crippen molar-refractivity contribution in [3.8, 4) is 0 Å². The van der Waals surface area contributed by atoms with Gasteiger partial charge < -0.3 is 0 Å². The fraction of sp³-hybridized carbons (Fsp3) is 0.615. The molecule has 1 aliphatic rings. The van der Waals surface area contributed by atoms with E-state index in [2.05, 4.69) is 29.8 Å². The lowest BCUT2D eigenvalue weighted by Crippen LogP contribution is -2.38. The Morgan fingerprint density at radius 3 is 2.94 bits per heavy atom. The van der Waals surface area contributed by atoms with Crippen molar-refractivity contribution in [2.24, 2.45) is 0 Å². The molecule has 1 aromatic rings. The Kier molecular flexibility index (Phi) is 3.82. The number of nitrogens with zero attached hydrogens (tertiary/aromatic N) is 2. The number of aromatic nitrogens is 1. The lowest BCUT2D eigenvalue weighted by Gasteiger charge is -2.39. The van der Waals surface area contributed by atoms with E-state index in [-0.39, 0.29) is 0 Å². The zero-order valence-electron chi connectivity index (χ0n) is 9.99. The summed E-state index contributed by atoms with van der Waals surface area (Å²) in [7, 11) is 0. The third-order valence-electron chi connectivity index (χ3n) is 3.35. The molecule has 1 aliphatic heterocycles. The van der Waals surface area contributed by atoms with Crippen LogP contribution < -0.4 is 0 Å². The number of pyridine rings is 1. The van der Waals surface area contributed by atoms with Gasteiger partial charge >= 0.3 is 0 Å². The maximum atomic E-state index is 6.19. The number of hydrogen-bond acceptors (Lipinski definition) is 2. The maximum absolute atomic E-state index is 6.19. The minimum absolute atomic E-state index is 0.454. The fourth-order valence-electron chi connectivity index (χ4n) is 2.55. The van der Waals surface area contributed by atoms with Crippen LogP contribution in [0.3, 0.4) is 0 Å². The van der Waals surface area contributed by atoms with Gasteiger partial charge in [-0.25, -0.2) is 4.98 Å². The molecular weight excluding hydrogens is 220 g/mol. The molecule has 2 nitrogen and oxygen atoms in total. The quantitative estimate of drug-likeness (QED) is 0.731. The van der Waals surface area contributed by atoms with E-state index < -0.39 is 0 Å². The highest BCUT2D eigenvalue weighted by atomic mass is 35.5. The van der Waals surface area contributed by atoms with Gasteiger partial charge in [-0.05, 0) is 39.3 Å². The van der Waals surface area contributed by atoms with Gasteiger partial charge in [0.1, 0.15) is 5.15 Å². The summed E-state index contributed by atoms with van der Waals surface area (Å²) in [6.45, 7) is 5.68. The van der Waals surface area contributed by atoms with Gasteiger partial charge in [0, 0.05) is 23.8 Å². The third-order valence-corrected chi connectivity index (χ3v) is 3.67. The van der Waals surface area contributed by atoms with E-state index in [1.807, 2.05) is 6.07 Å². The summed E-state index contributed by atoms with van der Waals surface area (Å²) in [5.41, 5.74) is 1.19. The lowest BCUT2D eigenvalue weighted by atomic mass is 9.95. The molecule has 88 valence electrons. The highest BCUT2D eigenvalue weighted by Gasteiger charge is 2.27. The van der Waals surface area contributed by atoms with Gasteiger partial charge in [-0.3, -0.25) is 4.90 Å². The second kappa shape index (κ2) is 5.15. The fourth-order valence-corrected chi connectivity index (χ4v) is 2.80. The van der Waals surface area contributed by atoms with Crippen LogP contribution in [0.2, 0.25) is 5.15 Å². The Morgan fingerprint density at radius 1 is 1.44 bits per heavy atom. The van der Waals surface area contributed by atoms with E-state index in [1.54, 1.807) is 6.20 Å². The molecule has 16 heavy (non-hydrogen) atoms. The second-order valence-corrected chi connectivity index (χ2v) is 5.08. The molecule has 0 bridgehead atoms. The van der Waals surface area contributed by atoms with Gasteiger partial charge in [-0.2, -0.15) is 0 Å². The van der Waals surface area contributed by atoms with E-state index in [0.717, 1.165) is 0 Å². The highest BCUT2D eigenvalue weighted by Crippen LogP contribution is 2.34. The summed E-state index contributed by atoms with van der Waals surface area (Å²) in [5.74, 6) is 0. The van der Waals surface area contributed by atoms with E-state index in [4.69, 9.17) is 11.6 Å². The van der Waals surface area contributed by atoms with Gasteiger partial charge in [0.2, 0.25) is 0 Å². The van der Waals surface area contributed by atoms with Crippen LogP contribution in [-0.2, 0) is 0 Å². The molecule has 3 heteroatoms. The molecule has 0 radical (unpaired) electrons. The van der Waals surface area contributed by atoms with Crippen LogP contribution in [0.5, 0.6) is 0 Å². The van der Waals surface area contributed by atoms with Crippen molar-refractivity contribution in [3.63, 3.8) is 0 Å². The van der Waals surface area contributed by atoms with Crippen molar-refractivity contribution < 1.29 is 0 Å². The first-order valence-corrected chi connectivity index (χ1v) is 6.44. The number of rotatable bonds is 2. The van der Waals surface area contributed by atoms with Crippen LogP contribution in [0.1, 0.15) is 44.7 Å². The van der Waals surface area contributed by atoms with Gasteiger partial charge in [-0.1, -0.05) is 24.1 Å². The Balaban J connectivity index is 2.27. The predicted molar refractivity (Wildman–Crippen MR) is 67.7 cm³/mol. The molecular formula is C13H19ClN2. The Bertz CT molecular complexity index is 352. The largest absolute Gasteiger partial charge is 0.294 e. The summed E-state index contributed by atoms with van der Waals surface area (Å²) in [5, 5.41) is 0.667. The minimum atomic E-state index is 0.454. The van der Waals surface area contributed by atoms with Crippen molar-refractivity contribution in [1.82, 2.24) is 9.88 Å². The first-order chi connectivity index (χ1) is 7.70. The summed E-state index contributed by atoms with van der Waals surface area (Å²) in [6.07, 6.45) is 5.55. The average molecular weight is 239 g/mol. The number of halogens is 1. The molecule has 0 aliphatic carbocycles. The van der Waals surface area contributed by atoms with E-state index >= 15 is 0 Å². The van der Waals surface area contributed by atoms with Crippen LogP contribution in [-0.4, -0.2) is 22.5 Å². The summed E-state index contributed by atoms with van der Waals surface area (Å²) in [4.78, 5) is 6.72. The molecule has 1 aromatic heterocycles. The van der Waals surface area contributed by atoms with Crippen LogP contribution in [0, 0.1) is 0 Å². The average Bonchev–Trinajstić information content (AvgIpc) is 2.29. The maximum Gasteiger partial charge on any atom is 0.133 e. The summed E-state index contributed by atoms with van der Waals surface area (Å²) >= 11 is 6.19. The summed E-state index contributed by atoms with van der Waals surface area (Å²) in [6, 6.07) is 5.12. The van der Waals surface area contributed by atoms with Gasteiger partial charge in [0.25, 0.3) is 0 Å². The smallest absolute Gasteiger partial charge is 0.133 e. The highest BCUT2D eigenvalue weighted by molar-refractivity contribution is 6.30. The molecule has 1 saturated heterocycles. The van der Waals surface area contributed by atoms with Crippen LogP contribution in [0.4, 0.5) is 0 Å². The zero-order valence-corrected chi connectivity index (χ0v) is 10.7. The third kappa shape index (κ3) is 2.38. The topological polar surface area (TPSA) is 16.1 Å². The minimum Gasteiger partial charge on any atom is -0.294 e. The zero-order chi connectivity index (χ0) is 11.5. The van der Waals surface area contributed by atoms with Crippen molar-refractivity contribution in [2.45, 2.75) is 45.2 Å². The normalized spacial score (nSPS) is 22.6. The Labute approximate surface area is 103 Å². The number of hydrogen-bond donors (Lipinski definition) is 0. The molecule has 2 rings (SSSR count). The molecule has 2 heterocycles. The second-order valence-electron chi connectivity index (χ2n) is 4.73. The molecule has 0 saturated carbocycles. The molecule has 0 spiro atoms. The van der Waals surface area contributed by atoms with E-state index in [0.29, 0.717) is 17.2 Å². The Morgan fingerprint density at radius 2 is 2.25 bits per heavy atom. The van der Waals surface area contributed by atoms with Crippen LogP contribution >= 0.6 is 11.6 Å². The van der Waals surface area contributed by atoms with Crippen molar-refractivity contribution in [1.29, 1.82) is 0 Å². The number of likely N-dealkylation sites (tertiary alicyclic amines) is 1. The Hall–Kier alpha value is -0.600. The van der Waals surface area contributed by atoms with Crippen molar-refractivity contribution in [2.75, 3.05) is 6.54 Å². The van der Waals surface area contributed by atoms with Gasteiger partial charge in [0.05, 0.1) is 0 Å². The monoisotopic (exact) mass is 238 g/mol. The predicted octanol–water partition coefficient (Wildman–Crippen LogP) is 3.67. The van der Waals surface area contributed by atoms with Crippen molar-refractivity contribution >= 4 is 11.6 Å². The van der Waals surface area contributed by atoms with Crippen molar-refractivity contribution in [3.05, 3.63) is 29.0 Å². The van der Waals surface area contributed by atoms with E-state index in [9.17, 15) is 0 Å². The molecule has 1 atom stereocenters. The van der Waals surface area contributed by atoms with E-state index in [1.165, 1.54) is 31.4 Å². The number of piperidine rings is 1. The first kappa shape index (κ1) is 11.9. The van der Waals surface area contributed by atoms with Gasteiger partial charge in [0.15, 0.2) is 0 Å². The summed E-state index contributed by atoms with van der Waals surface area (Å²) < 4.78 is 0. The standard InChI is InChI=1S/C13H19ClN2/c1-10(2)16-9-4-3-7-12(16)11-6-5-8-15-13(11)14/h5-6,8,10,12H,3-4,7,9H2,1-2H3. The molecule has 0 aromatic carbocycles.